The molecule has 0 unspecified atom stereocenters. The lowest BCUT2D eigenvalue weighted by molar-refractivity contribution is -0.148. The fourth-order valence-electron chi connectivity index (χ4n) is 3.21. The highest BCUT2D eigenvalue weighted by Gasteiger charge is 2.28. The number of carboxylic acids is 1. The molecule has 0 aliphatic rings. The Morgan fingerprint density at radius 3 is 2.55 bits per heavy atom. The Kier molecular flexibility index (Phi) is 9.86. The molecule has 0 spiro atoms. The smallest absolute Gasteiger partial charge is 0.317 e. The Morgan fingerprint density at radius 2 is 1.95 bits per heavy atom. The van der Waals surface area contributed by atoms with Gasteiger partial charge in [-0.2, -0.15) is 9.67 Å². The molecule has 38 heavy (non-hydrogen) atoms. The molecule has 0 atom stereocenters. The van der Waals surface area contributed by atoms with E-state index in [0.29, 0.717) is 35.0 Å². The topological polar surface area (TPSA) is 121 Å². The van der Waals surface area contributed by atoms with Crippen LogP contribution in [0.15, 0.2) is 24.5 Å². The summed E-state index contributed by atoms with van der Waals surface area (Å²) in [5, 5.41) is 14.2. The molecule has 0 saturated carbocycles. The number of hydrogen-bond donors (Lipinski definition) is 1. The zero-order valence-electron chi connectivity index (χ0n) is 22.9. The number of aromatic nitrogens is 5. The van der Waals surface area contributed by atoms with Crippen LogP contribution in [0.1, 0.15) is 33.3 Å². The third-order valence-electron chi connectivity index (χ3n) is 5.55. The van der Waals surface area contributed by atoms with Crippen LogP contribution in [-0.2, 0) is 16.3 Å². The summed E-state index contributed by atoms with van der Waals surface area (Å²) in [6, 6.07) is 4.93. The molecule has 3 aromatic rings. The van der Waals surface area contributed by atoms with Crippen molar-refractivity contribution in [2.75, 3.05) is 13.2 Å². The van der Waals surface area contributed by atoms with Gasteiger partial charge in [0.15, 0.2) is 0 Å². The molecule has 3 rings (SSSR count). The van der Waals surface area contributed by atoms with E-state index in [-0.39, 0.29) is 28.2 Å². The van der Waals surface area contributed by atoms with Gasteiger partial charge in [-0.05, 0) is 52.3 Å². The molecule has 0 aliphatic heterocycles. The summed E-state index contributed by atoms with van der Waals surface area (Å²) in [6.45, 7) is 14.3. The lowest BCUT2D eigenvalue weighted by atomic mass is 9.95. The average Bonchev–Trinajstić information content (AvgIpc) is 3.21. The van der Waals surface area contributed by atoms with E-state index in [9.17, 15) is 9.90 Å². The maximum absolute atomic E-state index is 11.3. The molecule has 0 aromatic carbocycles. The fraction of sp³-hybridized carbons (Fsp3) is 0.500. The van der Waals surface area contributed by atoms with Crippen LogP contribution in [0.25, 0.3) is 22.6 Å². The molecule has 0 aliphatic carbocycles. The number of aliphatic carboxylic acids is 1. The molecule has 1 radical (unpaired) electrons. The van der Waals surface area contributed by atoms with E-state index in [1.54, 1.807) is 43.1 Å². The predicted octanol–water partition coefficient (Wildman–Crippen LogP) is 5.37. The van der Waals surface area contributed by atoms with E-state index in [4.69, 9.17) is 25.8 Å². The number of carboxylic acid groups (broad SMARTS) is 1. The number of pyridine rings is 2. The SMILES string of the molecule is Cc1cc(OCC(C)(C)C(=O)O)ncc1-c1cnc(-c2nc(OC(C)C)n(COCC[Si](C)C)n2)c(Cl)c1. The highest BCUT2D eigenvalue weighted by Crippen LogP contribution is 2.32. The van der Waals surface area contributed by atoms with Gasteiger partial charge in [0.05, 0.1) is 16.5 Å². The van der Waals surface area contributed by atoms with Crippen molar-refractivity contribution >= 4 is 26.4 Å². The van der Waals surface area contributed by atoms with Crippen molar-refractivity contribution in [1.29, 1.82) is 0 Å². The lowest BCUT2D eigenvalue weighted by Gasteiger charge is -2.19. The number of ether oxygens (including phenoxy) is 3. The van der Waals surface area contributed by atoms with Crippen LogP contribution >= 0.6 is 11.6 Å². The number of nitrogens with zero attached hydrogens (tertiary/aromatic N) is 5. The zero-order chi connectivity index (χ0) is 28.0. The van der Waals surface area contributed by atoms with E-state index in [0.717, 1.165) is 22.7 Å². The number of aryl methyl sites for hydroxylation is 1. The van der Waals surface area contributed by atoms with Gasteiger partial charge in [0.25, 0.3) is 0 Å². The summed E-state index contributed by atoms with van der Waals surface area (Å²) in [5.74, 6) is -0.245. The highest BCUT2D eigenvalue weighted by molar-refractivity contribution is 6.55. The van der Waals surface area contributed by atoms with Gasteiger partial charge in [-0.3, -0.25) is 9.78 Å². The zero-order valence-corrected chi connectivity index (χ0v) is 24.7. The van der Waals surface area contributed by atoms with Crippen LogP contribution in [0.2, 0.25) is 24.2 Å². The third-order valence-corrected chi connectivity index (χ3v) is 7.04. The van der Waals surface area contributed by atoms with Crippen LogP contribution in [0.3, 0.4) is 0 Å². The van der Waals surface area contributed by atoms with E-state index in [2.05, 4.69) is 33.1 Å². The first-order chi connectivity index (χ1) is 17.9. The van der Waals surface area contributed by atoms with Gasteiger partial charge < -0.3 is 19.3 Å². The van der Waals surface area contributed by atoms with Crippen molar-refractivity contribution in [3.63, 3.8) is 0 Å². The van der Waals surface area contributed by atoms with Gasteiger partial charge in [0, 0.05) is 45.0 Å². The minimum Gasteiger partial charge on any atom is -0.481 e. The van der Waals surface area contributed by atoms with Gasteiger partial charge in [-0.1, -0.05) is 24.7 Å². The molecular formula is C26H35ClN5O5Si. The fourth-order valence-corrected chi connectivity index (χ4v) is 4.02. The Hall–Kier alpha value is -3.02. The number of carbonyl (C=O) groups is 1. The normalized spacial score (nSPS) is 11.8. The second-order valence-corrected chi connectivity index (χ2v) is 13.6. The number of rotatable bonds is 13. The molecule has 1 N–H and O–H groups in total. The molecule has 10 nitrogen and oxygen atoms in total. The Bertz CT molecular complexity index is 1260. The summed E-state index contributed by atoms with van der Waals surface area (Å²) in [6.07, 6.45) is 3.25. The summed E-state index contributed by atoms with van der Waals surface area (Å²) < 4.78 is 18.8. The van der Waals surface area contributed by atoms with Gasteiger partial charge in [0.1, 0.15) is 19.0 Å². The Labute approximate surface area is 229 Å². The number of halogens is 1. The summed E-state index contributed by atoms with van der Waals surface area (Å²) in [4.78, 5) is 24.7. The predicted molar refractivity (Wildman–Crippen MR) is 147 cm³/mol. The lowest BCUT2D eigenvalue weighted by Crippen LogP contribution is -2.30. The van der Waals surface area contributed by atoms with Crippen LogP contribution in [0.5, 0.6) is 11.9 Å². The largest absolute Gasteiger partial charge is 0.481 e. The highest BCUT2D eigenvalue weighted by atomic mass is 35.5. The summed E-state index contributed by atoms with van der Waals surface area (Å²) in [5.41, 5.74) is 1.87. The number of hydrogen-bond acceptors (Lipinski definition) is 8. The molecule has 3 heterocycles. The minimum absolute atomic E-state index is 0.00237. The summed E-state index contributed by atoms with van der Waals surface area (Å²) in [7, 11) is -0.366. The first-order valence-electron chi connectivity index (χ1n) is 12.3. The molecule has 12 heteroatoms. The van der Waals surface area contributed by atoms with Gasteiger partial charge in [-0.15, -0.1) is 5.10 Å². The molecule has 205 valence electrons. The van der Waals surface area contributed by atoms with Crippen LogP contribution in [-0.4, -0.2) is 63.9 Å². The van der Waals surface area contributed by atoms with Crippen molar-refractivity contribution < 1.29 is 24.1 Å². The Balaban J connectivity index is 1.80. The molecule has 0 bridgehead atoms. The van der Waals surface area contributed by atoms with Crippen molar-refractivity contribution in [2.24, 2.45) is 5.41 Å². The van der Waals surface area contributed by atoms with E-state index in [1.807, 2.05) is 20.8 Å². The van der Waals surface area contributed by atoms with Crippen molar-refractivity contribution in [1.82, 2.24) is 24.7 Å². The maximum Gasteiger partial charge on any atom is 0.317 e. The van der Waals surface area contributed by atoms with E-state index in [1.165, 1.54) is 0 Å². The summed E-state index contributed by atoms with van der Waals surface area (Å²) >= 11 is 6.63. The molecule has 0 fully saturated rings. The molecule has 3 aromatic heterocycles. The third kappa shape index (κ3) is 7.75. The minimum atomic E-state index is -1.02. The average molecular weight is 561 g/mol. The van der Waals surface area contributed by atoms with Gasteiger partial charge in [-0.25, -0.2) is 4.98 Å². The van der Waals surface area contributed by atoms with Gasteiger partial charge >= 0.3 is 12.0 Å². The van der Waals surface area contributed by atoms with Crippen molar-refractivity contribution in [3.8, 4) is 34.5 Å². The second-order valence-electron chi connectivity index (χ2n) is 10.2. The van der Waals surface area contributed by atoms with Crippen LogP contribution in [0, 0.1) is 12.3 Å². The van der Waals surface area contributed by atoms with Gasteiger partial charge in [0.2, 0.25) is 11.7 Å². The molecule has 0 saturated heterocycles. The van der Waals surface area contributed by atoms with Crippen LogP contribution in [0.4, 0.5) is 0 Å². The van der Waals surface area contributed by atoms with E-state index < -0.39 is 11.4 Å². The second kappa shape index (κ2) is 12.7. The monoisotopic (exact) mass is 560 g/mol. The quantitative estimate of drug-likeness (QED) is 0.217. The van der Waals surface area contributed by atoms with Crippen molar-refractivity contribution in [2.45, 2.75) is 66.6 Å². The van der Waals surface area contributed by atoms with Crippen LogP contribution < -0.4 is 9.47 Å². The van der Waals surface area contributed by atoms with Crippen molar-refractivity contribution in [3.05, 3.63) is 35.1 Å². The first-order valence-corrected chi connectivity index (χ1v) is 15.4. The molecular weight excluding hydrogens is 526 g/mol. The molecule has 0 amide bonds. The maximum atomic E-state index is 11.3. The standard InChI is InChI=1S/C26H35ClN5O5Si/c1-16(2)37-25-30-23(31-32(25)15-35-8-9-38(6)7)22-20(27)11-18(12-29-22)19-13-28-21(10-17(19)3)36-14-26(4,5)24(33)34/h10-13,16H,8-9,14-15H2,1-7H3,(H,33,34). The van der Waals surface area contributed by atoms with E-state index >= 15 is 0 Å². The Morgan fingerprint density at radius 1 is 1.21 bits per heavy atom. The first kappa shape index (κ1) is 29.5.